The lowest BCUT2D eigenvalue weighted by Crippen LogP contribution is -2.60. The first-order chi connectivity index (χ1) is 25.9. The van der Waals surface area contributed by atoms with Crippen LogP contribution >= 0.6 is 0 Å². The van der Waals surface area contributed by atoms with E-state index in [1.54, 1.807) is 6.92 Å². The standard InChI is InChI=1S/C34H62O20/c1-3-19-31(43)28(40)16(21(5-36)51-19)9-48-13-25-33(45)30(42)18(23(7-38)53-25)11-50-14-26-34(46)29(41)17(22(6-37)54-26)10-49-12-24-32(44)27(39)15(8-47-2)20(4-35)52-24/h15-46H,3-14H2,1-2H3/t15-,16-,17-,18-,19-,20+,21+,22+,23+,24-,25-,26-,27-,28-,29-,30-,31-,32-,33-,34-/m1/s1. The fourth-order valence-electron chi connectivity index (χ4n) is 7.84. The molecule has 0 aliphatic carbocycles. The van der Waals surface area contributed by atoms with Crippen molar-refractivity contribution in [1.82, 2.24) is 0 Å². The van der Waals surface area contributed by atoms with Gasteiger partial charge in [-0.25, -0.2) is 0 Å². The maximum absolute atomic E-state index is 11.0. The van der Waals surface area contributed by atoms with Crippen LogP contribution in [0.5, 0.6) is 0 Å². The van der Waals surface area contributed by atoms with Crippen LogP contribution in [0.2, 0.25) is 0 Å². The molecule has 4 rings (SSSR count). The van der Waals surface area contributed by atoms with Gasteiger partial charge in [0.05, 0.1) is 128 Å². The number of aliphatic hydroxyl groups is 12. The number of rotatable bonds is 19. The van der Waals surface area contributed by atoms with Crippen molar-refractivity contribution in [3.8, 4) is 0 Å². The molecule has 318 valence electrons. The van der Waals surface area contributed by atoms with Gasteiger partial charge < -0.3 is 99.2 Å². The lowest BCUT2D eigenvalue weighted by atomic mass is 9.86. The molecule has 20 nitrogen and oxygen atoms in total. The van der Waals surface area contributed by atoms with Crippen molar-refractivity contribution in [3.05, 3.63) is 0 Å². The largest absolute Gasteiger partial charge is 0.394 e. The van der Waals surface area contributed by atoms with Crippen molar-refractivity contribution < 1.29 is 99.2 Å². The summed E-state index contributed by atoms with van der Waals surface area (Å²) in [6.45, 7) is -1.67. The third kappa shape index (κ3) is 10.6. The molecule has 0 unspecified atom stereocenters. The summed E-state index contributed by atoms with van der Waals surface area (Å²) in [5.41, 5.74) is 0. The molecule has 4 aliphatic heterocycles. The molecule has 20 atom stereocenters. The van der Waals surface area contributed by atoms with E-state index in [1.807, 2.05) is 0 Å². The molecule has 0 bridgehead atoms. The van der Waals surface area contributed by atoms with E-state index in [9.17, 15) is 61.3 Å². The van der Waals surface area contributed by atoms with Gasteiger partial charge in [-0.3, -0.25) is 0 Å². The van der Waals surface area contributed by atoms with Crippen LogP contribution in [0.15, 0.2) is 0 Å². The van der Waals surface area contributed by atoms with Crippen LogP contribution in [0.4, 0.5) is 0 Å². The minimum Gasteiger partial charge on any atom is -0.394 e. The van der Waals surface area contributed by atoms with Crippen molar-refractivity contribution in [2.45, 2.75) is 111 Å². The Balaban J connectivity index is 1.24. The molecule has 54 heavy (non-hydrogen) atoms. The Morgan fingerprint density at radius 3 is 0.870 bits per heavy atom. The first-order valence-electron chi connectivity index (χ1n) is 18.6. The number of hydrogen-bond acceptors (Lipinski definition) is 20. The molecule has 20 heteroatoms. The van der Waals surface area contributed by atoms with E-state index in [-0.39, 0.29) is 46.2 Å². The molecule has 12 N–H and O–H groups in total. The molecule has 4 heterocycles. The number of aliphatic hydroxyl groups excluding tert-OH is 12. The third-order valence-corrected chi connectivity index (χ3v) is 11.2. The van der Waals surface area contributed by atoms with Gasteiger partial charge in [-0.2, -0.15) is 0 Å². The van der Waals surface area contributed by atoms with Crippen LogP contribution in [0.3, 0.4) is 0 Å². The van der Waals surface area contributed by atoms with Gasteiger partial charge in [0.1, 0.15) is 42.7 Å². The molecule has 0 amide bonds. The van der Waals surface area contributed by atoms with Crippen molar-refractivity contribution in [2.75, 3.05) is 79.8 Å². The highest BCUT2D eigenvalue weighted by molar-refractivity contribution is 4.96. The molecule has 0 aromatic rings. The van der Waals surface area contributed by atoms with Crippen LogP contribution in [-0.4, -0.2) is 239 Å². The first-order valence-corrected chi connectivity index (χ1v) is 18.6. The minimum absolute atomic E-state index is 0.0450. The van der Waals surface area contributed by atoms with Crippen molar-refractivity contribution in [3.63, 3.8) is 0 Å². The summed E-state index contributed by atoms with van der Waals surface area (Å²) in [7, 11) is 1.42. The van der Waals surface area contributed by atoms with E-state index in [4.69, 9.17) is 37.9 Å². The highest BCUT2D eigenvalue weighted by Crippen LogP contribution is 2.32. The summed E-state index contributed by atoms with van der Waals surface area (Å²) in [6.07, 6.45) is -18.1. The summed E-state index contributed by atoms with van der Waals surface area (Å²) >= 11 is 0. The van der Waals surface area contributed by atoms with Gasteiger partial charge in [0.2, 0.25) is 0 Å². The highest BCUT2D eigenvalue weighted by atomic mass is 16.6. The molecule has 0 aromatic carbocycles. The van der Waals surface area contributed by atoms with Crippen LogP contribution in [0.1, 0.15) is 13.3 Å². The second-order valence-electron chi connectivity index (χ2n) is 14.6. The van der Waals surface area contributed by atoms with Gasteiger partial charge in [0.15, 0.2) is 0 Å². The summed E-state index contributed by atoms with van der Waals surface area (Å²) in [5.74, 6) is -3.33. The molecule has 4 aliphatic rings. The zero-order chi connectivity index (χ0) is 39.7. The second-order valence-corrected chi connectivity index (χ2v) is 14.6. The van der Waals surface area contributed by atoms with Crippen LogP contribution in [0.25, 0.3) is 0 Å². The predicted octanol–water partition coefficient (Wildman–Crippen LogP) is -6.52. The van der Waals surface area contributed by atoms with E-state index < -0.39 is 148 Å². The maximum Gasteiger partial charge on any atom is 0.110 e. The normalized spacial score (nSPS) is 46.1. The van der Waals surface area contributed by atoms with Gasteiger partial charge in [0.25, 0.3) is 0 Å². The van der Waals surface area contributed by atoms with Crippen molar-refractivity contribution in [2.24, 2.45) is 23.7 Å². The van der Waals surface area contributed by atoms with Gasteiger partial charge in [-0.15, -0.1) is 0 Å². The second kappa shape index (κ2) is 21.8. The Morgan fingerprint density at radius 1 is 0.352 bits per heavy atom. The van der Waals surface area contributed by atoms with Crippen LogP contribution in [-0.2, 0) is 37.9 Å². The monoisotopic (exact) mass is 790 g/mol. The molecule has 0 radical (unpaired) electrons. The zero-order valence-electron chi connectivity index (χ0n) is 30.7. The SMILES string of the molecule is CC[C@H]1O[C@@H](CO)[C@@H](COC[C@H]2O[C@@H](CO)[C@@H](COC[C@H]3O[C@@H](CO)[C@@H](COC[C@H]4O[C@@H](CO)[C@@H](COC)[C@@H](O)[C@@H]4O)[C@@H](O)[C@@H]3O)[C@@H](O)[C@@H]2O)[C@@H](O)[C@@H]1O. The summed E-state index contributed by atoms with van der Waals surface area (Å²) in [4.78, 5) is 0. The average molecular weight is 791 g/mol. The molecular formula is C34H62O20. The van der Waals surface area contributed by atoms with Gasteiger partial charge in [0, 0.05) is 30.8 Å². The predicted molar refractivity (Wildman–Crippen MR) is 180 cm³/mol. The van der Waals surface area contributed by atoms with E-state index in [2.05, 4.69) is 0 Å². The Bertz CT molecular complexity index is 1050. The summed E-state index contributed by atoms with van der Waals surface area (Å²) in [5, 5.41) is 125. The number of methoxy groups -OCH3 is 1. The molecule has 0 saturated carbocycles. The van der Waals surface area contributed by atoms with Crippen molar-refractivity contribution in [1.29, 1.82) is 0 Å². The lowest BCUT2D eigenvalue weighted by Gasteiger charge is -2.44. The Kier molecular flexibility index (Phi) is 18.5. The minimum atomic E-state index is -1.51. The third-order valence-electron chi connectivity index (χ3n) is 11.2. The Labute approximate surface area is 313 Å². The fourth-order valence-corrected chi connectivity index (χ4v) is 7.84. The first kappa shape index (κ1) is 45.9. The number of ether oxygens (including phenoxy) is 8. The summed E-state index contributed by atoms with van der Waals surface area (Å²) in [6, 6.07) is 0. The van der Waals surface area contributed by atoms with Crippen LogP contribution in [0, 0.1) is 23.7 Å². The Hall–Kier alpha value is -0.800. The zero-order valence-corrected chi connectivity index (χ0v) is 30.7. The molecule has 0 aromatic heterocycles. The quantitative estimate of drug-likeness (QED) is 0.0579. The van der Waals surface area contributed by atoms with E-state index in [1.165, 1.54) is 7.11 Å². The van der Waals surface area contributed by atoms with Crippen molar-refractivity contribution >= 4 is 0 Å². The molecular weight excluding hydrogens is 728 g/mol. The molecule has 0 spiro atoms. The molecule has 4 saturated heterocycles. The number of hydrogen-bond donors (Lipinski definition) is 12. The van der Waals surface area contributed by atoms with E-state index >= 15 is 0 Å². The van der Waals surface area contributed by atoms with E-state index in [0.717, 1.165) is 0 Å². The Morgan fingerprint density at radius 2 is 0.611 bits per heavy atom. The smallest absolute Gasteiger partial charge is 0.110 e. The maximum atomic E-state index is 11.0. The topological polar surface area (TPSA) is 317 Å². The van der Waals surface area contributed by atoms with Gasteiger partial charge in [-0.05, 0) is 6.42 Å². The average Bonchev–Trinajstić information content (AvgIpc) is 3.17. The summed E-state index contributed by atoms with van der Waals surface area (Å²) < 4.78 is 45.2. The molecule has 4 fully saturated rings. The van der Waals surface area contributed by atoms with E-state index in [0.29, 0.717) is 6.42 Å². The highest BCUT2D eigenvalue weighted by Gasteiger charge is 2.49. The van der Waals surface area contributed by atoms with Gasteiger partial charge >= 0.3 is 0 Å². The van der Waals surface area contributed by atoms with Crippen LogP contribution < -0.4 is 0 Å². The fraction of sp³-hybridized carbons (Fsp3) is 1.00. The lowest BCUT2D eigenvalue weighted by molar-refractivity contribution is -0.250. The van der Waals surface area contributed by atoms with Gasteiger partial charge in [-0.1, -0.05) is 6.92 Å².